The van der Waals surface area contributed by atoms with E-state index < -0.39 is 0 Å². The fourth-order valence-electron chi connectivity index (χ4n) is 1.75. The average Bonchev–Trinajstić information content (AvgIpc) is 2.41. The van der Waals surface area contributed by atoms with Crippen LogP contribution in [0.1, 0.15) is 18.4 Å². The lowest BCUT2D eigenvalue weighted by Crippen LogP contribution is -2.29. The van der Waals surface area contributed by atoms with Crippen LogP contribution in [0, 0.1) is 0 Å². The molecule has 1 aromatic rings. The van der Waals surface area contributed by atoms with E-state index >= 15 is 0 Å². The summed E-state index contributed by atoms with van der Waals surface area (Å²) in [7, 11) is 4.06. The zero-order valence-corrected chi connectivity index (χ0v) is 13.0. The maximum atomic E-state index is 11.6. The zero-order valence-electron chi connectivity index (χ0n) is 12.3. The SMILES string of the molecule is CN(C)CCCNC(=O)CCNCc1ccc(Cl)cc1. The van der Waals surface area contributed by atoms with Crippen molar-refractivity contribution < 1.29 is 4.79 Å². The highest BCUT2D eigenvalue weighted by Crippen LogP contribution is 2.08. The molecule has 0 saturated carbocycles. The Hall–Kier alpha value is -1.10. The Balaban J connectivity index is 2.03. The van der Waals surface area contributed by atoms with Crippen LogP contribution in [0.2, 0.25) is 5.02 Å². The van der Waals surface area contributed by atoms with Crippen LogP contribution in [-0.2, 0) is 11.3 Å². The standard InChI is InChI=1S/C15H24ClN3O/c1-19(2)11-3-9-18-15(20)8-10-17-12-13-4-6-14(16)7-5-13/h4-7,17H,3,8-12H2,1-2H3,(H,18,20). The van der Waals surface area contributed by atoms with Crippen LogP contribution in [0.4, 0.5) is 0 Å². The third kappa shape index (κ3) is 8.15. The molecule has 0 spiro atoms. The molecule has 0 heterocycles. The minimum Gasteiger partial charge on any atom is -0.356 e. The van der Waals surface area contributed by atoms with Gasteiger partial charge in [0.2, 0.25) is 5.91 Å². The molecule has 4 nitrogen and oxygen atoms in total. The Morgan fingerprint density at radius 2 is 1.90 bits per heavy atom. The quantitative estimate of drug-likeness (QED) is 0.684. The lowest BCUT2D eigenvalue weighted by atomic mass is 10.2. The summed E-state index contributed by atoms with van der Waals surface area (Å²) in [4.78, 5) is 13.7. The molecule has 0 aliphatic heterocycles. The number of benzene rings is 1. The van der Waals surface area contributed by atoms with Crippen molar-refractivity contribution in [3.63, 3.8) is 0 Å². The fourth-order valence-corrected chi connectivity index (χ4v) is 1.87. The maximum Gasteiger partial charge on any atom is 0.221 e. The highest BCUT2D eigenvalue weighted by Gasteiger charge is 2.00. The van der Waals surface area contributed by atoms with E-state index in [0.29, 0.717) is 13.0 Å². The van der Waals surface area contributed by atoms with Gasteiger partial charge in [-0.05, 0) is 44.8 Å². The third-order valence-electron chi connectivity index (χ3n) is 2.88. The molecule has 1 rings (SSSR count). The third-order valence-corrected chi connectivity index (χ3v) is 3.13. The van der Waals surface area contributed by atoms with E-state index in [0.717, 1.165) is 31.1 Å². The van der Waals surface area contributed by atoms with Crippen LogP contribution < -0.4 is 10.6 Å². The Kier molecular flexibility index (Phi) is 8.26. The van der Waals surface area contributed by atoms with E-state index in [-0.39, 0.29) is 5.91 Å². The zero-order chi connectivity index (χ0) is 14.8. The highest BCUT2D eigenvalue weighted by molar-refractivity contribution is 6.30. The number of nitrogens with zero attached hydrogens (tertiary/aromatic N) is 1. The fraction of sp³-hybridized carbons (Fsp3) is 0.533. The summed E-state index contributed by atoms with van der Waals surface area (Å²) in [6, 6.07) is 7.71. The Bertz CT molecular complexity index is 393. The van der Waals surface area contributed by atoms with Crippen molar-refractivity contribution in [1.82, 2.24) is 15.5 Å². The molecule has 0 bridgehead atoms. The van der Waals surface area contributed by atoms with Gasteiger partial charge < -0.3 is 15.5 Å². The van der Waals surface area contributed by atoms with Gasteiger partial charge in [0.1, 0.15) is 0 Å². The van der Waals surface area contributed by atoms with Gasteiger partial charge in [-0.2, -0.15) is 0 Å². The first kappa shape index (κ1) is 17.0. The number of hydrogen-bond donors (Lipinski definition) is 2. The molecule has 0 fully saturated rings. The molecule has 0 saturated heterocycles. The minimum absolute atomic E-state index is 0.104. The number of carbonyl (C=O) groups is 1. The largest absolute Gasteiger partial charge is 0.356 e. The smallest absolute Gasteiger partial charge is 0.221 e. The van der Waals surface area contributed by atoms with Gasteiger partial charge >= 0.3 is 0 Å². The van der Waals surface area contributed by atoms with Gasteiger partial charge in [0.15, 0.2) is 0 Å². The van der Waals surface area contributed by atoms with Crippen molar-refractivity contribution in [1.29, 1.82) is 0 Å². The van der Waals surface area contributed by atoms with Crippen LogP contribution in [0.3, 0.4) is 0 Å². The van der Waals surface area contributed by atoms with Crippen molar-refractivity contribution in [2.45, 2.75) is 19.4 Å². The molecule has 1 amide bonds. The first-order chi connectivity index (χ1) is 9.58. The number of carbonyl (C=O) groups excluding carboxylic acids is 1. The van der Waals surface area contributed by atoms with E-state index in [1.54, 1.807) is 0 Å². The summed E-state index contributed by atoms with van der Waals surface area (Å²) < 4.78 is 0. The summed E-state index contributed by atoms with van der Waals surface area (Å²) in [5.74, 6) is 0.104. The molecule has 2 N–H and O–H groups in total. The van der Waals surface area contributed by atoms with Crippen molar-refractivity contribution in [2.24, 2.45) is 0 Å². The normalized spacial score (nSPS) is 10.8. The summed E-state index contributed by atoms with van der Waals surface area (Å²) in [5.41, 5.74) is 1.17. The predicted molar refractivity (Wildman–Crippen MR) is 84.0 cm³/mol. The molecule has 0 aromatic heterocycles. The topological polar surface area (TPSA) is 44.4 Å². The van der Waals surface area contributed by atoms with Crippen molar-refractivity contribution in [3.8, 4) is 0 Å². The number of nitrogens with one attached hydrogen (secondary N) is 2. The van der Waals surface area contributed by atoms with E-state index in [1.807, 2.05) is 38.4 Å². The molecule has 5 heteroatoms. The van der Waals surface area contributed by atoms with Gasteiger partial charge in [0.25, 0.3) is 0 Å². The van der Waals surface area contributed by atoms with Crippen LogP contribution in [0.25, 0.3) is 0 Å². The number of amides is 1. The molecule has 0 radical (unpaired) electrons. The lowest BCUT2D eigenvalue weighted by molar-refractivity contribution is -0.121. The second-order valence-corrected chi connectivity index (χ2v) is 5.50. The molecule has 0 atom stereocenters. The summed E-state index contributed by atoms with van der Waals surface area (Å²) in [6.45, 7) is 3.18. The lowest BCUT2D eigenvalue weighted by Gasteiger charge is -2.10. The predicted octanol–water partition coefficient (Wildman–Crippen LogP) is 1.89. The molecular weight excluding hydrogens is 274 g/mol. The van der Waals surface area contributed by atoms with Crippen LogP contribution in [0.5, 0.6) is 0 Å². The van der Waals surface area contributed by atoms with Crippen LogP contribution >= 0.6 is 11.6 Å². The van der Waals surface area contributed by atoms with Crippen LogP contribution in [0.15, 0.2) is 24.3 Å². The van der Waals surface area contributed by atoms with Crippen molar-refractivity contribution in [2.75, 3.05) is 33.7 Å². The van der Waals surface area contributed by atoms with E-state index in [4.69, 9.17) is 11.6 Å². The van der Waals surface area contributed by atoms with E-state index in [9.17, 15) is 4.79 Å². The Morgan fingerprint density at radius 1 is 1.20 bits per heavy atom. The first-order valence-electron chi connectivity index (χ1n) is 6.94. The molecule has 1 aromatic carbocycles. The summed E-state index contributed by atoms with van der Waals surface area (Å²) in [6.07, 6.45) is 1.49. The molecule has 20 heavy (non-hydrogen) atoms. The number of rotatable bonds is 9. The van der Waals surface area contributed by atoms with E-state index in [2.05, 4.69) is 15.5 Å². The second kappa shape index (κ2) is 9.75. The summed E-state index contributed by atoms with van der Waals surface area (Å²) >= 11 is 5.82. The second-order valence-electron chi connectivity index (χ2n) is 5.06. The number of hydrogen-bond acceptors (Lipinski definition) is 3. The highest BCUT2D eigenvalue weighted by atomic mass is 35.5. The Morgan fingerprint density at radius 3 is 2.55 bits per heavy atom. The van der Waals surface area contributed by atoms with Gasteiger partial charge in [0, 0.05) is 31.1 Å². The molecule has 0 unspecified atom stereocenters. The average molecular weight is 298 g/mol. The maximum absolute atomic E-state index is 11.6. The molecule has 112 valence electrons. The van der Waals surface area contributed by atoms with Crippen LogP contribution in [-0.4, -0.2) is 44.5 Å². The summed E-state index contributed by atoms with van der Waals surface area (Å²) in [5, 5.41) is 6.91. The van der Waals surface area contributed by atoms with Gasteiger partial charge in [-0.1, -0.05) is 23.7 Å². The molecule has 0 aliphatic carbocycles. The van der Waals surface area contributed by atoms with Crippen molar-refractivity contribution >= 4 is 17.5 Å². The molecule has 0 aliphatic rings. The Labute approximate surface area is 126 Å². The van der Waals surface area contributed by atoms with Crippen molar-refractivity contribution in [3.05, 3.63) is 34.9 Å². The van der Waals surface area contributed by atoms with Gasteiger partial charge in [-0.15, -0.1) is 0 Å². The first-order valence-corrected chi connectivity index (χ1v) is 7.32. The monoisotopic (exact) mass is 297 g/mol. The van der Waals surface area contributed by atoms with Gasteiger partial charge in [-0.3, -0.25) is 4.79 Å². The van der Waals surface area contributed by atoms with Gasteiger partial charge in [0.05, 0.1) is 0 Å². The molecular formula is C15H24ClN3O. The van der Waals surface area contributed by atoms with Gasteiger partial charge in [-0.25, -0.2) is 0 Å². The minimum atomic E-state index is 0.104. The van der Waals surface area contributed by atoms with E-state index in [1.165, 1.54) is 5.56 Å². The number of halogens is 1.